The Balaban J connectivity index is 0.000000389. The number of aromatic nitrogens is 2. The second kappa shape index (κ2) is 13.1. The molecule has 0 spiro atoms. The van der Waals surface area contributed by atoms with Gasteiger partial charge in [-0.2, -0.15) is 0 Å². The highest BCUT2D eigenvalue weighted by Crippen LogP contribution is 2.26. The summed E-state index contributed by atoms with van der Waals surface area (Å²) in [6.07, 6.45) is 2.25. The Bertz CT molecular complexity index is 1000. The van der Waals surface area contributed by atoms with E-state index in [9.17, 15) is 29.8 Å². The van der Waals surface area contributed by atoms with E-state index >= 15 is 0 Å². The molecule has 0 atom stereocenters. The molecule has 172 valence electrons. The van der Waals surface area contributed by atoms with E-state index in [0.717, 1.165) is 15.5 Å². The highest BCUT2D eigenvalue weighted by atomic mass is 127. The number of carbonyl (C=O) groups excluding carboxylic acids is 2. The molecule has 32 heavy (non-hydrogen) atoms. The summed E-state index contributed by atoms with van der Waals surface area (Å²) in [6, 6.07) is 2.73. The van der Waals surface area contributed by atoms with Crippen molar-refractivity contribution in [3.05, 3.63) is 63.3 Å². The molecule has 0 amide bonds. The molecule has 0 aliphatic heterocycles. The molecule has 0 bridgehead atoms. The Kier molecular flexibility index (Phi) is 11.3. The number of nitrogens with zero attached hydrogens (tertiary/aromatic N) is 4. The first-order chi connectivity index (χ1) is 15.0. The van der Waals surface area contributed by atoms with Crippen LogP contribution in [0.15, 0.2) is 24.5 Å². The first-order valence-electron chi connectivity index (χ1n) is 8.93. The molecule has 0 N–H and O–H groups in total. The van der Waals surface area contributed by atoms with Crippen LogP contribution < -0.4 is 0 Å². The molecular weight excluding hydrogens is 654 g/mol. The molecule has 2 rings (SSSR count). The van der Waals surface area contributed by atoms with Crippen LogP contribution in [0.3, 0.4) is 0 Å². The van der Waals surface area contributed by atoms with Gasteiger partial charge in [-0.15, -0.1) is 0 Å². The van der Waals surface area contributed by atoms with Gasteiger partial charge in [-0.25, -0.2) is 0 Å². The second-order valence-corrected chi connectivity index (χ2v) is 8.10. The topological polar surface area (TPSA) is 165 Å². The third-order valence-corrected chi connectivity index (χ3v) is 5.56. The zero-order valence-corrected chi connectivity index (χ0v) is 21.4. The molecule has 0 aliphatic rings. The maximum Gasteiger partial charge on any atom is 0.326 e. The number of nitro groups is 2. The Labute approximate surface area is 209 Å². The maximum atomic E-state index is 11.9. The lowest BCUT2D eigenvalue weighted by molar-refractivity contribution is -0.385. The van der Waals surface area contributed by atoms with Crippen molar-refractivity contribution in [2.45, 2.75) is 26.7 Å². The van der Waals surface area contributed by atoms with Gasteiger partial charge in [0.25, 0.3) is 11.4 Å². The van der Waals surface area contributed by atoms with Crippen LogP contribution in [-0.4, -0.2) is 45.0 Å². The number of hydrogen-bond donors (Lipinski definition) is 0. The zero-order chi connectivity index (χ0) is 24.4. The summed E-state index contributed by atoms with van der Waals surface area (Å²) in [5.41, 5.74) is 0.712. The van der Waals surface area contributed by atoms with E-state index in [2.05, 4.69) is 9.97 Å². The number of ether oxygens (including phenoxy) is 2. The molecule has 0 saturated carbocycles. The molecule has 14 heteroatoms. The summed E-state index contributed by atoms with van der Waals surface area (Å²) in [5, 5.41) is 20.9. The van der Waals surface area contributed by atoms with Crippen LogP contribution in [0.4, 0.5) is 11.4 Å². The molecule has 0 radical (unpaired) electrons. The summed E-state index contributed by atoms with van der Waals surface area (Å²) < 4.78 is 10.8. The maximum absolute atomic E-state index is 11.9. The number of rotatable bonds is 7. The van der Waals surface area contributed by atoms with Gasteiger partial charge in [0, 0.05) is 19.3 Å². The fourth-order valence-electron chi connectivity index (χ4n) is 2.12. The minimum atomic E-state index is -1.35. The van der Waals surface area contributed by atoms with E-state index in [0.29, 0.717) is 3.57 Å². The van der Waals surface area contributed by atoms with Crippen molar-refractivity contribution in [3.63, 3.8) is 0 Å². The molecule has 0 aromatic carbocycles. The van der Waals surface area contributed by atoms with Crippen molar-refractivity contribution in [2.75, 3.05) is 13.2 Å². The minimum absolute atomic E-state index is 0.0417. The molecule has 0 unspecified atom stereocenters. The van der Waals surface area contributed by atoms with Crippen LogP contribution in [0, 0.1) is 34.3 Å². The highest BCUT2D eigenvalue weighted by Gasteiger charge is 2.35. The summed E-state index contributed by atoms with van der Waals surface area (Å²) in [5.74, 6) is -2.94. The Morgan fingerprint density at radius 2 is 1.38 bits per heavy atom. The van der Waals surface area contributed by atoms with Crippen molar-refractivity contribution in [2.24, 2.45) is 0 Å². The van der Waals surface area contributed by atoms with E-state index in [1.54, 1.807) is 36.4 Å². The average molecular weight is 672 g/mol. The largest absolute Gasteiger partial charge is 0.465 e. The van der Waals surface area contributed by atoms with Gasteiger partial charge < -0.3 is 9.47 Å². The average Bonchev–Trinajstić information content (AvgIpc) is 2.72. The summed E-state index contributed by atoms with van der Waals surface area (Å²) in [4.78, 5) is 51.4. The quantitative estimate of drug-likeness (QED) is 0.139. The highest BCUT2D eigenvalue weighted by molar-refractivity contribution is 14.1. The summed E-state index contributed by atoms with van der Waals surface area (Å²) in [7, 11) is 0. The second-order valence-electron chi connectivity index (χ2n) is 5.77. The van der Waals surface area contributed by atoms with Crippen LogP contribution >= 0.6 is 45.2 Å². The standard InChI is InChI=1S/C12H13IN2O6.C6H5IN2O2/c1-3-20-11(16)9(12(17)21-4-2)10-8(13)5-7(6-14-10)15(18)19;1-4-6(7)2-5(3-8-4)9(10)11/h5-6,9H,3-4H2,1-2H3;2-3H,1H3. The molecular formula is C18H18I2N4O8. The van der Waals surface area contributed by atoms with Gasteiger partial charge in [0.2, 0.25) is 0 Å². The first kappa shape index (κ1) is 27.5. The normalized spacial score (nSPS) is 10.1. The van der Waals surface area contributed by atoms with E-state index in [1.807, 2.05) is 29.5 Å². The Hall–Kier alpha value is -2.50. The molecule has 0 aliphatic carbocycles. The molecule has 0 fully saturated rings. The van der Waals surface area contributed by atoms with Crippen molar-refractivity contribution in [1.29, 1.82) is 0 Å². The van der Waals surface area contributed by atoms with Crippen molar-refractivity contribution < 1.29 is 28.9 Å². The molecule has 0 saturated heterocycles. The number of pyridine rings is 2. The van der Waals surface area contributed by atoms with Gasteiger partial charge in [-0.1, -0.05) is 0 Å². The van der Waals surface area contributed by atoms with Crippen molar-refractivity contribution in [1.82, 2.24) is 9.97 Å². The minimum Gasteiger partial charge on any atom is -0.465 e. The predicted molar refractivity (Wildman–Crippen MR) is 128 cm³/mol. The van der Waals surface area contributed by atoms with E-state index in [4.69, 9.17) is 9.47 Å². The van der Waals surface area contributed by atoms with Crippen LogP contribution in [0.5, 0.6) is 0 Å². The van der Waals surface area contributed by atoms with E-state index in [-0.39, 0.29) is 30.3 Å². The number of hydrogen-bond acceptors (Lipinski definition) is 10. The van der Waals surface area contributed by atoms with Gasteiger partial charge in [0.15, 0.2) is 5.92 Å². The fraction of sp³-hybridized carbons (Fsp3) is 0.333. The third kappa shape index (κ3) is 7.88. The smallest absolute Gasteiger partial charge is 0.326 e. The van der Waals surface area contributed by atoms with Gasteiger partial charge in [-0.3, -0.25) is 39.8 Å². The van der Waals surface area contributed by atoms with Crippen molar-refractivity contribution >= 4 is 68.5 Å². The van der Waals surface area contributed by atoms with Crippen LogP contribution in [0.1, 0.15) is 31.2 Å². The first-order valence-corrected chi connectivity index (χ1v) is 11.1. The van der Waals surface area contributed by atoms with Crippen LogP contribution in [0.2, 0.25) is 0 Å². The zero-order valence-electron chi connectivity index (χ0n) is 17.1. The third-order valence-electron chi connectivity index (χ3n) is 3.61. The van der Waals surface area contributed by atoms with Crippen molar-refractivity contribution in [3.8, 4) is 0 Å². The lowest BCUT2D eigenvalue weighted by Gasteiger charge is -2.14. The molecule has 2 aromatic heterocycles. The lowest BCUT2D eigenvalue weighted by atomic mass is 10.1. The van der Waals surface area contributed by atoms with Gasteiger partial charge in [-0.05, 0) is 66.0 Å². The van der Waals surface area contributed by atoms with Crippen LogP contribution in [-0.2, 0) is 19.1 Å². The van der Waals surface area contributed by atoms with Gasteiger partial charge in [0.1, 0.15) is 12.4 Å². The SMILES string of the molecule is CCOC(=O)C(C(=O)OCC)c1ncc([N+](=O)[O-])cc1I.Cc1ncc([N+](=O)[O-])cc1I. The molecule has 2 heterocycles. The van der Waals surface area contributed by atoms with E-state index in [1.165, 1.54) is 18.3 Å². The van der Waals surface area contributed by atoms with Crippen LogP contribution in [0.25, 0.3) is 0 Å². The monoisotopic (exact) mass is 672 g/mol. The number of aryl methyl sites for hydroxylation is 1. The molecule has 2 aromatic rings. The van der Waals surface area contributed by atoms with Gasteiger partial charge >= 0.3 is 11.9 Å². The van der Waals surface area contributed by atoms with E-state index < -0.39 is 27.7 Å². The summed E-state index contributed by atoms with van der Waals surface area (Å²) in [6.45, 7) is 5.21. The lowest BCUT2D eigenvalue weighted by Crippen LogP contribution is -2.27. The Morgan fingerprint density at radius 3 is 1.75 bits per heavy atom. The van der Waals surface area contributed by atoms with Gasteiger partial charge in [0.05, 0.1) is 34.4 Å². The fourth-order valence-corrected chi connectivity index (χ4v) is 3.35. The molecule has 12 nitrogen and oxygen atoms in total. The number of esters is 2. The number of halogens is 2. The predicted octanol–water partition coefficient (Wildman–Crippen LogP) is 3.71. The number of carbonyl (C=O) groups is 2. The Morgan fingerprint density at radius 1 is 0.938 bits per heavy atom. The summed E-state index contributed by atoms with van der Waals surface area (Å²) >= 11 is 3.79.